The van der Waals surface area contributed by atoms with E-state index < -0.39 is 0 Å². The maximum absolute atomic E-state index is 11.3. The minimum absolute atomic E-state index is 0.0261. The summed E-state index contributed by atoms with van der Waals surface area (Å²) in [6.45, 7) is 2.66. The van der Waals surface area contributed by atoms with Crippen molar-refractivity contribution in [1.82, 2.24) is 5.32 Å². The molecule has 1 aliphatic heterocycles. The molecule has 2 rings (SSSR count). The lowest BCUT2D eigenvalue weighted by molar-refractivity contribution is 0.246. The third kappa shape index (κ3) is 1.16. The van der Waals surface area contributed by atoms with Crippen molar-refractivity contribution in [3.63, 3.8) is 0 Å². The van der Waals surface area contributed by atoms with E-state index in [2.05, 4.69) is 5.32 Å². The van der Waals surface area contributed by atoms with Gasteiger partial charge in [-0.2, -0.15) is 0 Å². The molecule has 1 heterocycles. The van der Waals surface area contributed by atoms with E-state index in [1.807, 2.05) is 25.1 Å². The number of nitrogens with one attached hydrogen (secondary N) is 1. The van der Waals surface area contributed by atoms with Gasteiger partial charge in [0.25, 0.3) is 0 Å². The number of carbonyl (C=O) groups is 1. The van der Waals surface area contributed by atoms with E-state index >= 15 is 0 Å². The first-order chi connectivity index (χ1) is 6.20. The van der Waals surface area contributed by atoms with Crippen molar-refractivity contribution in [3.8, 4) is 0 Å². The Morgan fingerprint density at radius 2 is 2.23 bits per heavy atom. The zero-order valence-electron chi connectivity index (χ0n) is 7.79. The first-order valence-corrected chi connectivity index (χ1v) is 4.30. The Balaban J connectivity index is 2.57. The summed E-state index contributed by atoms with van der Waals surface area (Å²) < 4.78 is 0. The van der Waals surface area contributed by atoms with E-state index in [9.17, 15) is 4.79 Å². The van der Waals surface area contributed by atoms with Gasteiger partial charge in [0, 0.05) is 13.6 Å². The Labute approximate surface area is 77.4 Å². The average molecular weight is 176 g/mol. The van der Waals surface area contributed by atoms with Crippen molar-refractivity contribution in [2.24, 2.45) is 0 Å². The van der Waals surface area contributed by atoms with Gasteiger partial charge in [-0.05, 0) is 18.1 Å². The number of amides is 2. The number of para-hydroxylation sites is 1. The maximum atomic E-state index is 11.3. The highest BCUT2D eigenvalue weighted by Gasteiger charge is 2.20. The number of hydrogen-bond acceptors (Lipinski definition) is 1. The fourth-order valence-corrected chi connectivity index (χ4v) is 1.73. The first kappa shape index (κ1) is 8.10. The molecule has 0 unspecified atom stereocenters. The van der Waals surface area contributed by atoms with E-state index in [-0.39, 0.29) is 6.03 Å². The maximum Gasteiger partial charge on any atom is 0.321 e. The molecule has 1 N–H and O–H groups in total. The van der Waals surface area contributed by atoms with Gasteiger partial charge in [0.1, 0.15) is 0 Å². The topological polar surface area (TPSA) is 32.3 Å². The largest absolute Gasteiger partial charge is 0.334 e. The van der Waals surface area contributed by atoms with E-state index in [1.54, 1.807) is 11.9 Å². The fraction of sp³-hybridized carbons (Fsp3) is 0.300. The molecule has 68 valence electrons. The number of anilines is 1. The van der Waals surface area contributed by atoms with E-state index in [0.717, 1.165) is 11.3 Å². The molecule has 0 atom stereocenters. The average Bonchev–Trinajstić information content (AvgIpc) is 2.12. The predicted octanol–water partition coefficient (Wildman–Crippen LogP) is 1.65. The Morgan fingerprint density at radius 1 is 1.46 bits per heavy atom. The highest BCUT2D eigenvalue weighted by atomic mass is 16.2. The number of benzene rings is 1. The summed E-state index contributed by atoms with van der Waals surface area (Å²) in [6.07, 6.45) is 0. The Bertz CT molecular complexity index is 360. The lowest BCUT2D eigenvalue weighted by Gasteiger charge is -2.28. The van der Waals surface area contributed by atoms with Crippen molar-refractivity contribution < 1.29 is 4.79 Å². The smallest absolute Gasteiger partial charge is 0.321 e. The number of rotatable bonds is 0. The lowest BCUT2D eigenvalue weighted by atomic mass is 10.1. The number of hydrogen-bond donors (Lipinski definition) is 1. The molecular formula is C10H12N2O. The van der Waals surface area contributed by atoms with Crippen molar-refractivity contribution >= 4 is 11.7 Å². The molecule has 1 aromatic rings. The molecule has 0 saturated carbocycles. The van der Waals surface area contributed by atoms with Gasteiger partial charge >= 0.3 is 6.03 Å². The molecular weight excluding hydrogens is 164 g/mol. The molecule has 3 heteroatoms. The monoisotopic (exact) mass is 176 g/mol. The van der Waals surface area contributed by atoms with Crippen molar-refractivity contribution in [2.75, 3.05) is 11.9 Å². The first-order valence-electron chi connectivity index (χ1n) is 4.30. The summed E-state index contributed by atoms with van der Waals surface area (Å²) in [5.74, 6) is 0. The summed E-state index contributed by atoms with van der Waals surface area (Å²) in [5.41, 5.74) is 3.38. The highest BCUT2D eigenvalue weighted by Crippen LogP contribution is 2.26. The van der Waals surface area contributed by atoms with E-state index in [1.165, 1.54) is 5.56 Å². The van der Waals surface area contributed by atoms with Crippen LogP contribution in [0.1, 0.15) is 11.1 Å². The molecule has 0 aliphatic carbocycles. The fourth-order valence-electron chi connectivity index (χ4n) is 1.73. The molecule has 1 aliphatic rings. The van der Waals surface area contributed by atoms with Crippen LogP contribution < -0.4 is 10.2 Å². The second kappa shape index (κ2) is 2.76. The van der Waals surface area contributed by atoms with Crippen molar-refractivity contribution in [3.05, 3.63) is 29.3 Å². The normalized spacial score (nSPS) is 15.2. The molecule has 0 spiro atoms. The highest BCUT2D eigenvalue weighted by molar-refractivity contribution is 5.95. The zero-order chi connectivity index (χ0) is 9.42. The van der Waals surface area contributed by atoms with Crippen LogP contribution in [0.5, 0.6) is 0 Å². The van der Waals surface area contributed by atoms with Gasteiger partial charge in [0.15, 0.2) is 0 Å². The number of carbonyl (C=O) groups excluding carboxylic acids is 1. The van der Waals surface area contributed by atoms with Gasteiger partial charge in [0.2, 0.25) is 0 Å². The summed E-state index contributed by atoms with van der Waals surface area (Å²) in [4.78, 5) is 13.0. The third-order valence-corrected chi connectivity index (χ3v) is 2.39. The van der Waals surface area contributed by atoms with Crippen LogP contribution in [0.4, 0.5) is 10.5 Å². The van der Waals surface area contributed by atoms with E-state index in [4.69, 9.17) is 0 Å². The van der Waals surface area contributed by atoms with Crippen LogP contribution in [-0.2, 0) is 6.54 Å². The summed E-state index contributed by atoms with van der Waals surface area (Å²) in [7, 11) is 1.79. The number of urea groups is 1. The van der Waals surface area contributed by atoms with Crippen LogP contribution in [0.2, 0.25) is 0 Å². The summed E-state index contributed by atoms with van der Waals surface area (Å²) >= 11 is 0. The van der Waals surface area contributed by atoms with Crippen LogP contribution in [0.3, 0.4) is 0 Å². The van der Waals surface area contributed by atoms with Gasteiger partial charge in [-0.3, -0.25) is 4.90 Å². The number of aryl methyl sites for hydroxylation is 1. The SMILES string of the molecule is Cc1cccc2c1N(C)C(=O)NC2. The molecule has 13 heavy (non-hydrogen) atoms. The zero-order valence-corrected chi connectivity index (χ0v) is 7.79. The molecule has 0 radical (unpaired) electrons. The van der Waals surface area contributed by atoms with Crippen LogP contribution in [0.15, 0.2) is 18.2 Å². The summed E-state index contributed by atoms with van der Waals surface area (Å²) in [5, 5.41) is 2.80. The van der Waals surface area contributed by atoms with Crippen LogP contribution in [-0.4, -0.2) is 13.1 Å². The summed E-state index contributed by atoms with van der Waals surface area (Å²) in [6, 6.07) is 6.05. The van der Waals surface area contributed by atoms with Crippen LogP contribution in [0, 0.1) is 6.92 Å². The molecule has 0 bridgehead atoms. The van der Waals surface area contributed by atoms with Gasteiger partial charge in [-0.15, -0.1) is 0 Å². The third-order valence-electron chi connectivity index (χ3n) is 2.39. The molecule has 0 saturated heterocycles. The van der Waals surface area contributed by atoms with Gasteiger partial charge < -0.3 is 5.32 Å². The minimum Gasteiger partial charge on any atom is -0.334 e. The van der Waals surface area contributed by atoms with Crippen LogP contribution in [0.25, 0.3) is 0 Å². The standard InChI is InChI=1S/C10H12N2O/c1-7-4-3-5-8-6-11-10(13)12(2)9(7)8/h3-5H,6H2,1-2H3,(H,11,13). The van der Waals surface area contributed by atoms with Crippen molar-refractivity contribution in [1.29, 1.82) is 0 Å². The van der Waals surface area contributed by atoms with Crippen LogP contribution >= 0.6 is 0 Å². The van der Waals surface area contributed by atoms with Gasteiger partial charge in [-0.1, -0.05) is 18.2 Å². The second-order valence-corrected chi connectivity index (χ2v) is 3.30. The number of fused-ring (bicyclic) bond motifs is 1. The molecule has 0 fully saturated rings. The van der Waals surface area contributed by atoms with E-state index in [0.29, 0.717) is 6.54 Å². The Kier molecular flexibility index (Phi) is 1.72. The minimum atomic E-state index is -0.0261. The van der Waals surface area contributed by atoms with Crippen molar-refractivity contribution in [2.45, 2.75) is 13.5 Å². The van der Waals surface area contributed by atoms with Gasteiger partial charge in [0.05, 0.1) is 5.69 Å². The second-order valence-electron chi connectivity index (χ2n) is 3.30. The quantitative estimate of drug-likeness (QED) is 0.640. The molecule has 1 aromatic carbocycles. The molecule has 2 amide bonds. The lowest BCUT2D eigenvalue weighted by Crippen LogP contribution is -2.41. The molecule has 3 nitrogen and oxygen atoms in total. The number of nitrogens with zero attached hydrogens (tertiary/aromatic N) is 1. The molecule has 0 aromatic heterocycles. The Morgan fingerprint density at radius 3 is 3.00 bits per heavy atom. The Hall–Kier alpha value is -1.51. The van der Waals surface area contributed by atoms with Gasteiger partial charge in [-0.25, -0.2) is 4.79 Å². The predicted molar refractivity (Wildman–Crippen MR) is 51.8 cm³/mol.